The van der Waals surface area contributed by atoms with Crippen molar-refractivity contribution in [3.8, 4) is 0 Å². The summed E-state index contributed by atoms with van der Waals surface area (Å²) in [7, 11) is 0. The monoisotopic (exact) mass is 526 g/mol. The number of nitro groups is 1. The molecule has 0 amide bonds. The Labute approximate surface area is 214 Å². The van der Waals surface area contributed by atoms with E-state index in [1.54, 1.807) is 60.7 Å². The van der Waals surface area contributed by atoms with E-state index in [0.717, 1.165) is 18.3 Å². The van der Waals surface area contributed by atoms with Gasteiger partial charge in [0.25, 0.3) is 5.69 Å². The van der Waals surface area contributed by atoms with Crippen LogP contribution in [0.4, 0.5) is 18.9 Å². The zero-order chi connectivity index (χ0) is 27.3. The lowest BCUT2D eigenvalue weighted by Crippen LogP contribution is -2.40. The number of nitrogens with zero attached hydrogens (tertiary/aromatic N) is 1. The van der Waals surface area contributed by atoms with Gasteiger partial charge in [-0.15, -0.1) is 0 Å². The van der Waals surface area contributed by atoms with Gasteiger partial charge in [-0.3, -0.25) is 19.7 Å². The molecule has 3 aromatic carbocycles. The van der Waals surface area contributed by atoms with Gasteiger partial charge >= 0.3 is 18.1 Å². The number of aromatic nitrogens is 1. The Morgan fingerprint density at radius 3 is 1.87 bits per heavy atom. The Morgan fingerprint density at radius 2 is 1.39 bits per heavy atom. The number of aromatic amines is 1. The summed E-state index contributed by atoms with van der Waals surface area (Å²) in [6.07, 6.45) is -4.14. The maximum atomic E-state index is 14.6. The number of hydrogen-bond donors (Lipinski definition) is 1. The molecule has 1 atom stereocenters. The van der Waals surface area contributed by atoms with Crippen molar-refractivity contribution in [2.75, 3.05) is 0 Å². The first-order valence-corrected chi connectivity index (χ1v) is 11.4. The van der Waals surface area contributed by atoms with E-state index in [9.17, 15) is 32.9 Å². The van der Waals surface area contributed by atoms with Crippen LogP contribution in [0.1, 0.15) is 22.6 Å². The van der Waals surface area contributed by atoms with Crippen LogP contribution in [-0.2, 0) is 32.3 Å². The number of halogens is 3. The first kappa shape index (κ1) is 26.4. The maximum Gasteiger partial charge on any atom is 0.397 e. The number of carbonyl (C=O) groups excluding carboxylic acids is 2. The molecule has 196 valence electrons. The number of ether oxygens (including phenoxy) is 2. The highest BCUT2D eigenvalue weighted by Crippen LogP contribution is 2.44. The predicted molar refractivity (Wildman–Crippen MR) is 130 cm³/mol. The zero-order valence-electron chi connectivity index (χ0n) is 19.7. The number of carbonyl (C=O) groups is 2. The largest absolute Gasteiger partial charge is 0.460 e. The van der Waals surface area contributed by atoms with Crippen LogP contribution in [0.15, 0.2) is 85.1 Å². The molecular formula is C27H21F3N2O6. The average Bonchev–Trinajstić information content (AvgIpc) is 3.32. The minimum absolute atomic E-state index is 0.154. The quantitative estimate of drug-likeness (QED) is 0.127. The van der Waals surface area contributed by atoms with Gasteiger partial charge < -0.3 is 14.5 Å². The number of non-ortho nitro benzene ring substituents is 1. The number of esters is 2. The van der Waals surface area contributed by atoms with Crippen LogP contribution >= 0.6 is 0 Å². The second-order valence-corrected chi connectivity index (χ2v) is 8.41. The van der Waals surface area contributed by atoms with Gasteiger partial charge in [-0.05, 0) is 22.8 Å². The topological polar surface area (TPSA) is 112 Å². The Bertz CT molecular complexity index is 1380. The molecule has 0 aliphatic rings. The summed E-state index contributed by atoms with van der Waals surface area (Å²) in [4.78, 5) is 39.4. The van der Waals surface area contributed by atoms with Crippen LogP contribution in [-0.4, -0.2) is 28.0 Å². The molecule has 38 heavy (non-hydrogen) atoms. The van der Waals surface area contributed by atoms with E-state index in [1.165, 1.54) is 6.07 Å². The molecule has 0 unspecified atom stereocenters. The predicted octanol–water partition coefficient (Wildman–Crippen LogP) is 5.83. The summed E-state index contributed by atoms with van der Waals surface area (Å²) >= 11 is 0. The number of alkyl halides is 3. The van der Waals surface area contributed by atoms with Crippen molar-refractivity contribution in [1.82, 2.24) is 4.98 Å². The number of H-pyrrole nitrogens is 1. The lowest BCUT2D eigenvalue weighted by Gasteiger charge is -2.26. The van der Waals surface area contributed by atoms with Gasteiger partial charge in [-0.2, -0.15) is 13.2 Å². The van der Waals surface area contributed by atoms with E-state index < -0.39 is 46.1 Å². The van der Waals surface area contributed by atoms with Crippen LogP contribution in [0.25, 0.3) is 10.9 Å². The summed E-state index contributed by atoms with van der Waals surface area (Å²) in [6.45, 7) is -0.738. The molecular weight excluding hydrogens is 505 g/mol. The lowest BCUT2D eigenvalue weighted by molar-refractivity contribution is -0.384. The van der Waals surface area contributed by atoms with E-state index >= 15 is 0 Å². The highest BCUT2D eigenvalue weighted by Gasteiger charge is 2.54. The van der Waals surface area contributed by atoms with E-state index in [4.69, 9.17) is 9.47 Å². The number of fused-ring (bicyclic) bond motifs is 1. The molecule has 0 aliphatic carbocycles. The van der Waals surface area contributed by atoms with Crippen LogP contribution in [0.3, 0.4) is 0 Å². The second-order valence-electron chi connectivity index (χ2n) is 8.41. The van der Waals surface area contributed by atoms with Crippen molar-refractivity contribution in [1.29, 1.82) is 0 Å². The fourth-order valence-corrected chi connectivity index (χ4v) is 4.05. The molecule has 11 heteroatoms. The van der Waals surface area contributed by atoms with E-state index in [1.807, 2.05) is 0 Å². The average molecular weight is 526 g/mol. The molecule has 0 aliphatic heterocycles. The van der Waals surface area contributed by atoms with Crippen LogP contribution < -0.4 is 0 Å². The lowest BCUT2D eigenvalue weighted by atomic mass is 9.85. The fourth-order valence-electron chi connectivity index (χ4n) is 4.05. The molecule has 0 saturated heterocycles. The van der Waals surface area contributed by atoms with Crippen LogP contribution in [0, 0.1) is 16.0 Å². The Morgan fingerprint density at radius 1 is 0.868 bits per heavy atom. The summed E-state index contributed by atoms with van der Waals surface area (Å²) in [5, 5.41) is 11.1. The highest BCUT2D eigenvalue weighted by molar-refractivity contribution is 5.97. The number of benzene rings is 3. The van der Waals surface area contributed by atoms with E-state index in [-0.39, 0.29) is 24.1 Å². The van der Waals surface area contributed by atoms with Gasteiger partial charge in [0, 0.05) is 29.2 Å². The molecule has 0 spiro atoms. The third-order valence-corrected chi connectivity index (χ3v) is 5.88. The fraction of sp³-hybridized carbons (Fsp3) is 0.185. The standard InChI is InChI=1S/C27H21F3N2O6/c28-27(29,30)24(21-14-31-22-12-11-19(32(35)36)13-20(21)22)23(25(33)37-15-17-7-3-1-4-8-17)26(34)38-16-18-9-5-2-6-10-18/h1-14,23-24,31H,15-16H2/t24-/m0/s1. The van der Waals surface area contributed by atoms with Crippen molar-refractivity contribution >= 4 is 28.5 Å². The van der Waals surface area contributed by atoms with Crippen LogP contribution in [0.2, 0.25) is 0 Å². The van der Waals surface area contributed by atoms with E-state index in [0.29, 0.717) is 11.1 Å². The summed E-state index contributed by atoms with van der Waals surface area (Å²) in [5.74, 6) is -8.01. The van der Waals surface area contributed by atoms with Gasteiger partial charge in [0.05, 0.1) is 4.92 Å². The summed E-state index contributed by atoms with van der Waals surface area (Å²) < 4.78 is 54.1. The van der Waals surface area contributed by atoms with Crippen molar-refractivity contribution in [3.63, 3.8) is 0 Å². The Kier molecular flexibility index (Phi) is 7.75. The SMILES string of the molecule is O=C(OCc1ccccc1)C(C(=O)OCc1ccccc1)[C@H](c1c[nH]c2ccc([N+](=O)[O-])cc12)C(F)(F)F. The Balaban J connectivity index is 1.73. The smallest absolute Gasteiger partial charge is 0.397 e. The second kappa shape index (κ2) is 11.2. The number of rotatable bonds is 9. The molecule has 0 bridgehead atoms. The maximum absolute atomic E-state index is 14.6. The summed E-state index contributed by atoms with van der Waals surface area (Å²) in [5.41, 5.74) is 0.199. The van der Waals surface area contributed by atoms with Crippen molar-refractivity contribution in [3.05, 3.63) is 112 Å². The van der Waals surface area contributed by atoms with Gasteiger partial charge in [0.15, 0.2) is 5.92 Å². The van der Waals surface area contributed by atoms with Crippen molar-refractivity contribution in [2.24, 2.45) is 5.92 Å². The van der Waals surface area contributed by atoms with Crippen molar-refractivity contribution < 1.29 is 37.2 Å². The third-order valence-electron chi connectivity index (χ3n) is 5.88. The molecule has 1 aromatic heterocycles. The minimum atomic E-state index is -5.12. The Hall–Kier alpha value is -4.67. The minimum Gasteiger partial charge on any atom is -0.460 e. The van der Waals surface area contributed by atoms with E-state index in [2.05, 4.69) is 4.98 Å². The number of hydrogen-bond acceptors (Lipinski definition) is 6. The zero-order valence-corrected chi connectivity index (χ0v) is 19.7. The van der Waals surface area contributed by atoms with Gasteiger partial charge in [-0.25, -0.2) is 0 Å². The molecule has 8 nitrogen and oxygen atoms in total. The first-order chi connectivity index (χ1) is 18.1. The van der Waals surface area contributed by atoms with Crippen LogP contribution in [0.5, 0.6) is 0 Å². The third kappa shape index (κ3) is 6.00. The van der Waals surface area contributed by atoms with Gasteiger partial charge in [-0.1, -0.05) is 60.7 Å². The van der Waals surface area contributed by atoms with Gasteiger partial charge in [0.1, 0.15) is 19.1 Å². The molecule has 1 heterocycles. The van der Waals surface area contributed by atoms with Gasteiger partial charge in [0.2, 0.25) is 0 Å². The molecule has 0 saturated carbocycles. The number of nitro benzene ring substituents is 1. The highest BCUT2D eigenvalue weighted by atomic mass is 19.4. The molecule has 1 N–H and O–H groups in total. The normalized spacial score (nSPS) is 12.3. The molecule has 4 rings (SSSR count). The first-order valence-electron chi connectivity index (χ1n) is 11.4. The molecule has 0 fully saturated rings. The molecule has 4 aromatic rings. The number of nitrogens with one attached hydrogen (secondary N) is 1. The summed E-state index contributed by atoms with van der Waals surface area (Å²) in [6, 6.07) is 19.8. The molecule has 0 radical (unpaired) electrons. The van der Waals surface area contributed by atoms with Crippen molar-refractivity contribution in [2.45, 2.75) is 25.3 Å².